The predicted molar refractivity (Wildman–Crippen MR) is 105 cm³/mol. The summed E-state index contributed by atoms with van der Waals surface area (Å²) in [5, 5.41) is 2.99. The molecule has 0 bridgehead atoms. The Kier molecular flexibility index (Phi) is 5.44. The van der Waals surface area contributed by atoms with Crippen molar-refractivity contribution in [3.05, 3.63) is 76.5 Å². The summed E-state index contributed by atoms with van der Waals surface area (Å²) in [6, 6.07) is 18.2. The zero-order valence-corrected chi connectivity index (χ0v) is 15.6. The standard InChI is InChI=1S/C21H24ClN3O/c22-19-6-8-20(9-7-19)26-13-12-25-16-18-15-24(11-10-21(18)23-25)14-17-4-2-1-3-5-17/h1-9,23H,10-16H2. The molecule has 2 aliphatic rings. The first kappa shape index (κ1) is 17.4. The van der Waals surface area contributed by atoms with Crippen molar-refractivity contribution in [2.45, 2.75) is 13.0 Å². The molecule has 4 rings (SSSR count). The van der Waals surface area contributed by atoms with Gasteiger partial charge in [-0.15, -0.1) is 0 Å². The molecule has 5 heteroatoms. The minimum absolute atomic E-state index is 0.656. The van der Waals surface area contributed by atoms with Crippen molar-refractivity contribution in [1.82, 2.24) is 15.3 Å². The van der Waals surface area contributed by atoms with E-state index in [2.05, 4.69) is 45.7 Å². The maximum absolute atomic E-state index is 5.90. The molecule has 4 nitrogen and oxygen atoms in total. The molecule has 0 fully saturated rings. The molecule has 0 aliphatic carbocycles. The van der Waals surface area contributed by atoms with Crippen molar-refractivity contribution >= 4 is 11.6 Å². The SMILES string of the molecule is Clc1ccc(OCCN2CC3=C(CCN(Cc4ccccc4)C3)N2)cc1. The van der Waals surface area contributed by atoms with Gasteiger partial charge in [0.15, 0.2) is 0 Å². The molecule has 0 saturated carbocycles. The van der Waals surface area contributed by atoms with Gasteiger partial charge in [0.25, 0.3) is 0 Å². The van der Waals surface area contributed by atoms with E-state index in [0.29, 0.717) is 6.61 Å². The number of hydrogen-bond donors (Lipinski definition) is 1. The quantitative estimate of drug-likeness (QED) is 0.840. The lowest BCUT2D eigenvalue weighted by molar-refractivity contribution is 0.195. The lowest BCUT2D eigenvalue weighted by Crippen LogP contribution is -2.35. The zero-order chi connectivity index (χ0) is 17.8. The van der Waals surface area contributed by atoms with E-state index in [1.54, 1.807) is 0 Å². The van der Waals surface area contributed by atoms with Crippen molar-refractivity contribution < 1.29 is 4.74 Å². The second-order valence-electron chi connectivity index (χ2n) is 6.86. The summed E-state index contributed by atoms with van der Waals surface area (Å²) in [6.45, 7) is 5.67. The average Bonchev–Trinajstić information content (AvgIpc) is 3.06. The minimum atomic E-state index is 0.656. The van der Waals surface area contributed by atoms with Crippen LogP contribution in [0, 0.1) is 0 Å². The van der Waals surface area contributed by atoms with Gasteiger partial charge >= 0.3 is 0 Å². The van der Waals surface area contributed by atoms with Crippen LogP contribution in [0.3, 0.4) is 0 Å². The third-order valence-electron chi connectivity index (χ3n) is 4.89. The third-order valence-corrected chi connectivity index (χ3v) is 5.14. The molecule has 0 amide bonds. The first-order chi connectivity index (χ1) is 12.8. The van der Waals surface area contributed by atoms with Crippen molar-refractivity contribution in [2.24, 2.45) is 0 Å². The molecule has 0 saturated heterocycles. The van der Waals surface area contributed by atoms with E-state index in [4.69, 9.17) is 16.3 Å². The molecule has 0 radical (unpaired) electrons. The van der Waals surface area contributed by atoms with E-state index in [9.17, 15) is 0 Å². The molecule has 26 heavy (non-hydrogen) atoms. The maximum Gasteiger partial charge on any atom is 0.119 e. The monoisotopic (exact) mass is 369 g/mol. The Morgan fingerprint density at radius 2 is 1.81 bits per heavy atom. The van der Waals surface area contributed by atoms with Crippen molar-refractivity contribution in [3.8, 4) is 5.75 Å². The van der Waals surface area contributed by atoms with Gasteiger partial charge in [-0.1, -0.05) is 41.9 Å². The van der Waals surface area contributed by atoms with E-state index < -0.39 is 0 Å². The molecular weight excluding hydrogens is 346 g/mol. The normalized spacial score (nSPS) is 17.9. The number of hydrazine groups is 1. The lowest BCUT2D eigenvalue weighted by atomic mass is 10.1. The van der Waals surface area contributed by atoms with Crippen LogP contribution in [0.5, 0.6) is 5.75 Å². The maximum atomic E-state index is 5.90. The van der Waals surface area contributed by atoms with Gasteiger partial charge in [0, 0.05) is 43.3 Å². The number of nitrogens with one attached hydrogen (secondary N) is 1. The molecule has 2 heterocycles. The third kappa shape index (κ3) is 4.39. The highest BCUT2D eigenvalue weighted by Crippen LogP contribution is 2.23. The molecule has 0 unspecified atom stereocenters. The first-order valence-electron chi connectivity index (χ1n) is 9.13. The van der Waals surface area contributed by atoms with Crippen molar-refractivity contribution in [2.75, 3.05) is 32.8 Å². The van der Waals surface area contributed by atoms with Crippen LogP contribution in [-0.2, 0) is 6.54 Å². The van der Waals surface area contributed by atoms with Gasteiger partial charge in [-0.05, 0) is 35.4 Å². The van der Waals surface area contributed by atoms with Gasteiger partial charge in [-0.25, -0.2) is 5.01 Å². The highest BCUT2D eigenvalue weighted by Gasteiger charge is 2.26. The Morgan fingerprint density at radius 1 is 1.00 bits per heavy atom. The van der Waals surface area contributed by atoms with Crippen LogP contribution in [-0.4, -0.2) is 42.7 Å². The number of rotatable bonds is 6. The molecular formula is C21H24ClN3O. The average molecular weight is 370 g/mol. The summed E-state index contributed by atoms with van der Waals surface area (Å²) in [7, 11) is 0. The van der Waals surface area contributed by atoms with E-state index in [-0.39, 0.29) is 0 Å². The van der Waals surface area contributed by atoms with Gasteiger partial charge in [-0.2, -0.15) is 0 Å². The Bertz CT molecular complexity index is 761. The van der Waals surface area contributed by atoms with Gasteiger partial charge in [0.05, 0.1) is 6.54 Å². The Morgan fingerprint density at radius 3 is 2.62 bits per heavy atom. The van der Waals surface area contributed by atoms with Gasteiger partial charge in [0.2, 0.25) is 0 Å². The molecule has 2 aromatic rings. The van der Waals surface area contributed by atoms with Crippen LogP contribution in [0.2, 0.25) is 5.02 Å². The molecule has 2 aliphatic heterocycles. The van der Waals surface area contributed by atoms with Crippen molar-refractivity contribution in [1.29, 1.82) is 0 Å². The number of hydrogen-bond acceptors (Lipinski definition) is 4. The van der Waals surface area contributed by atoms with E-state index in [1.165, 1.54) is 16.8 Å². The van der Waals surface area contributed by atoms with Crippen LogP contribution >= 0.6 is 11.6 Å². The van der Waals surface area contributed by atoms with Gasteiger partial charge in [-0.3, -0.25) is 4.90 Å². The molecule has 0 aromatic heterocycles. The fourth-order valence-corrected chi connectivity index (χ4v) is 3.67. The summed E-state index contributed by atoms with van der Waals surface area (Å²) >= 11 is 5.90. The van der Waals surface area contributed by atoms with Crippen LogP contribution in [0.4, 0.5) is 0 Å². The second-order valence-corrected chi connectivity index (χ2v) is 7.30. The topological polar surface area (TPSA) is 27.7 Å². The summed E-state index contributed by atoms with van der Waals surface area (Å²) in [4.78, 5) is 2.53. The highest BCUT2D eigenvalue weighted by molar-refractivity contribution is 6.30. The molecule has 0 atom stereocenters. The second kappa shape index (κ2) is 8.12. The predicted octanol–water partition coefficient (Wildman–Crippen LogP) is 3.70. The number of benzene rings is 2. The molecule has 2 aromatic carbocycles. The van der Waals surface area contributed by atoms with Crippen LogP contribution in [0.1, 0.15) is 12.0 Å². The molecule has 1 N–H and O–H groups in total. The van der Waals surface area contributed by atoms with Crippen LogP contribution < -0.4 is 10.2 Å². The first-order valence-corrected chi connectivity index (χ1v) is 9.51. The minimum Gasteiger partial charge on any atom is -0.492 e. The number of halogens is 1. The van der Waals surface area contributed by atoms with E-state index in [1.807, 2.05) is 24.3 Å². The number of ether oxygens (including phenoxy) is 1. The largest absolute Gasteiger partial charge is 0.492 e. The zero-order valence-electron chi connectivity index (χ0n) is 14.8. The smallest absolute Gasteiger partial charge is 0.119 e. The Hall–Kier alpha value is -2.01. The highest BCUT2D eigenvalue weighted by atomic mass is 35.5. The summed E-state index contributed by atoms with van der Waals surface area (Å²) in [5.74, 6) is 0.861. The summed E-state index contributed by atoms with van der Waals surface area (Å²) < 4.78 is 5.81. The Balaban J connectivity index is 1.23. The molecule has 136 valence electrons. The Labute approximate surface area is 160 Å². The van der Waals surface area contributed by atoms with Gasteiger partial charge < -0.3 is 10.2 Å². The number of nitrogens with zero attached hydrogens (tertiary/aromatic N) is 2. The van der Waals surface area contributed by atoms with Gasteiger partial charge in [0.1, 0.15) is 12.4 Å². The van der Waals surface area contributed by atoms with Crippen molar-refractivity contribution in [3.63, 3.8) is 0 Å². The fraction of sp³-hybridized carbons (Fsp3) is 0.333. The lowest BCUT2D eigenvalue weighted by Gasteiger charge is -2.27. The van der Waals surface area contributed by atoms with E-state index in [0.717, 1.165) is 49.9 Å². The summed E-state index contributed by atoms with van der Waals surface area (Å²) in [6.07, 6.45) is 1.09. The van der Waals surface area contributed by atoms with E-state index >= 15 is 0 Å². The van der Waals surface area contributed by atoms with Crippen LogP contribution in [0.25, 0.3) is 0 Å². The summed E-state index contributed by atoms with van der Waals surface area (Å²) in [5.41, 5.74) is 7.86. The molecule has 0 spiro atoms. The fourth-order valence-electron chi connectivity index (χ4n) is 3.55. The van der Waals surface area contributed by atoms with Crippen LogP contribution in [0.15, 0.2) is 65.9 Å².